The first-order valence-electron chi connectivity index (χ1n) is 9.58. The number of aromatic amines is 1. The molecule has 8 N–H and O–H groups in total. The molecule has 1 atom stereocenters. The number of aromatic nitrogens is 4. The van der Waals surface area contributed by atoms with Crippen molar-refractivity contribution in [2.45, 2.75) is 25.4 Å². The summed E-state index contributed by atoms with van der Waals surface area (Å²) in [6, 6.07) is 4.39. The van der Waals surface area contributed by atoms with Crippen molar-refractivity contribution in [3.05, 3.63) is 46.5 Å². The molecule has 2 heterocycles. The average Bonchev–Trinajstić information content (AvgIpc) is 2.76. The van der Waals surface area contributed by atoms with Crippen molar-refractivity contribution in [2.75, 3.05) is 16.4 Å². The molecule has 2 amide bonds. The molecule has 3 rings (SSSR count). The van der Waals surface area contributed by atoms with Gasteiger partial charge < -0.3 is 31.9 Å². The molecule has 3 aromatic rings. The fourth-order valence-corrected chi connectivity index (χ4v) is 2.77. The van der Waals surface area contributed by atoms with Gasteiger partial charge in [0.25, 0.3) is 5.56 Å². The van der Waals surface area contributed by atoms with Crippen molar-refractivity contribution in [2.24, 2.45) is 0 Å². The Labute approximate surface area is 185 Å². The maximum absolute atomic E-state index is 12.0. The Hall–Kier alpha value is -4.75. The Morgan fingerprint density at radius 2 is 1.79 bits per heavy atom. The molecule has 14 heteroatoms. The van der Waals surface area contributed by atoms with Gasteiger partial charge in [0.2, 0.25) is 5.95 Å². The number of urea groups is 1. The molecule has 14 nitrogen and oxygen atoms in total. The van der Waals surface area contributed by atoms with E-state index in [9.17, 15) is 19.2 Å². The predicted octanol–water partition coefficient (Wildman–Crippen LogP) is 0.347. The van der Waals surface area contributed by atoms with E-state index in [4.69, 9.17) is 15.9 Å². The number of anilines is 3. The first-order chi connectivity index (χ1) is 15.7. The summed E-state index contributed by atoms with van der Waals surface area (Å²) in [5.74, 6) is -2.54. The highest BCUT2D eigenvalue weighted by atomic mass is 16.4. The van der Waals surface area contributed by atoms with Gasteiger partial charge in [-0.1, -0.05) is 0 Å². The van der Waals surface area contributed by atoms with Gasteiger partial charge in [-0.05, 0) is 30.7 Å². The zero-order valence-electron chi connectivity index (χ0n) is 17.0. The zero-order chi connectivity index (χ0) is 24.0. The minimum absolute atomic E-state index is 0.0474. The number of hydrogen-bond donors (Lipinski definition) is 7. The summed E-state index contributed by atoms with van der Waals surface area (Å²) in [6.07, 6.45) is 0.830. The number of nitrogen functional groups attached to an aromatic ring is 1. The summed E-state index contributed by atoms with van der Waals surface area (Å²) in [5.41, 5.74) is 6.75. The van der Waals surface area contributed by atoms with Crippen molar-refractivity contribution in [3.63, 3.8) is 0 Å². The van der Waals surface area contributed by atoms with Crippen molar-refractivity contribution < 1.29 is 24.6 Å². The van der Waals surface area contributed by atoms with E-state index in [2.05, 4.69) is 35.9 Å². The second kappa shape index (κ2) is 10.0. The molecule has 172 valence electrons. The first-order valence-corrected chi connectivity index (χ1v) is 9.58. The van der Waals surface area contributed by atoms with Crippen molar-refractivity contribution >= 4 is 46.5 Å². The molecule has 0 fully saturated rings. The van der Waals surface area contributed by atoms with Crippen LogP contribution in [0.3, 0.4) is 0 Å². The maximum atomic E-state index is 12.0. The molecule has 1 aromatic carbocycles. The molecule has 0 saturated carbocycles. The van der Waals surface area contributed by atoms with Crippen molar-refractivity contribution in [1.29, 1.82) is 0 Å². The van der Waals surface area contributed by atoms with E-state index in [1.807, 2.05) is 0 Å². The lowest BCUT2D eigenvalue weighted by Gasteiger charge is -2.14. The molecule has 0 aliphatic heterocycles. The largest absolute Gasteiger partial charge is 0.481 e. The zero-order valence-corrected chi connectivity index (χ0v) is 17.0. The van der Waals surface area contributed by atoms with Crippen LogP contribution in [0.5, 0.6) is 0 Å². The summed E-state index contributed by atoms with van der Waals surface area (Å²) >= 11 is 0. The summed E-state index contributed by atoms with van der Waals surface area (Å²) in [6.45, 7) is 0.254. The first kappa shape index (κ1) is 22.9. The summed E-state index contributed by atoms with van der Waals surface area (Å²) in [5, 5.41) is 25.6. The van der Waals surface area contributed by atoms with Gasteiger partial charge in [-0.2, -0.15) is 4.98 Å². The van der Waals surface area contributed by atoms with E-state index in [1.54, 1.807) is 24.3 Å². The van der Waals surface area contributed by atoms with Gasteiger partial charge in [0.15, 0.2) is 11.2 Å². The molecule has 0 saturated heterocycles. The Kier molecular flexibility index (Phi) is 6.97. The molecule has 33 heavy (non-hydrogen) atoms. The van der Waals surface area contributed by atoms with Gasteiger partial charge in [-0.15, -0.1) is 0 Å². The number of carboxylic acids is 2. The van der Waals surface area contributed by atoms with Crippen LogP contribution in [-0.4, -0.2) is 54.2 Å². The SMILES string of the molecule is Nc1nc2ncc(CNc3ccc(NC(=O)NC(CCC(=O)O)C(=O)O)cc3)nc2c(=O)[nH]1. The number of carboxylic acid groups (broad SMARTS) is 2. The van der Waals surface area contributed by atoms with Crippen LogP contribution in [-0.2, 0) is 16.1 Å². The third-order valence-electron chi connectivity index (χ3n) is 4.35. The summed E-state index contributed by atoms with van der Waals surface area (Å²) in [7, 11) is 0. The quantitative estimate of drug-likeness (QED) is 0.232. The third-order valence-corrected chi connectivity index (χ3v) is 4.35. The lowest BCUT2D eigenvalue weighted by Crippen LogP contribution is -2.43. The van der Waals surface area contributed by atoms with E-state index in [1.165, 1.54) is 6.20 Å². The van der Waals surface area contributed by atoms with Crippen molar-refractivity contribution in [1.82, 2.24) is 25.3 Å². The molecule has 0 radical (unpaired) electrons. The number of carbonyl (C=O) groups is 3. The summed E-state index contributed by atoms with van der Waals surface area (Å²) in [4.78, 5) is 60.3. The second-order valence-corrected chi connectivity index (χ2v) is 6.84. The van der Waals surface area contributed by atoms with Crippen LogP contribution in [0.15, 0.2) is 35.3 Å². The van der Waals surface area contributed by atoms with E-state index in [0.717, 1.165) is 0 Å². The Morgan fingerprint density at radius 1 is 1.09 bits per heavy atom. The number of benzene rings is 1. The van der Waals surface area contributed by atoms with Crippen molar-refractivity contribution in [3.8, 4) is 0 Å². The Balaban J connectivity index is 1.56. The minimum atomic E-state index is -1.33. The second-order valence-electron chi connectivity index (χ2n) is 6.84. The number of hydrogen-bond acceptors (Lipinski definition) is 9. The van der Waals surface area contributed by atoms with Crippen LogP contribution in [0.2, 0.25) is 0 Å². The fraction of sp³-hybridized carbons (Fsp3) is 0.211. The van der Waals surface area contributed by atoms with E-state index < -0.39 is 36.0 Å². The lowest BCUT2D eigenvalue weighted by molar-refractivity contribution is -0.140. The smallest absolute Gasteiger partial charge is 0.326 e. The van der Waals surface area contributed by atoms with Crippen LogP contribution in [0.25, 0.3) is 11.2 Å². The standard InChI is InChI=1S/C19H20N8O6/c20-18-26-15-14(16(30)27-18)23-11(8-22-15)7-21-9-1-3-10(4-2-9)24-19(33)25-12(17(31)32)5-6-13(28)29/h1-4,8,12,21H,5-7H2,(H,28,29)(H,31,32)(H2,24,25,33)(H3,20,22,26,27,30). The van der Waals surface area contributed by atoms with Crippen LogP contribution in [0, 0.1) is 0 Å². The molecule has 2 aromatic heterocycles. The highest BCUT2D eigenvalue weighted by Crippen LogP contribution is 2.15. The highest BCUT2D eigenvalue weighted by Gasteiger charge is 2.20. The van der Waals surface area contributed by atoms with Crippen LogP contribution in [0.1, 0.15) is 18.5 Å². The van der Waals surface area contributed by atoms with Gasteiger partial charge >= 0.3 is 18.0 Å². The number of H-pyrrole nitrogens is 1. The minimum Gasteiger partial charge on any atom is -0.481 e. The monoisotopic (exact) mass is 456 g/mol. The topological polar surface area (TPSA) is 225 Å². The predicted molar refractivity (Wildman–Crippen MR) is 117 cm³/mol. The number of nitrogens with one attached hydrogen (secondary N) is 4. The van der Waals surface area contributed by atoms with Crippen LogP contribution >= 0.6 is 0 Å². The van der Waals surface area contributed by atoms with Gasteiger partial charge in [0.05, 0.1) is 18.4 Å². The van der Waals surface area contributed by atoms with Gasteiger partial charge in [0.1, 0.15) is 6.04 Å². The molecule has 0 spiro atoms. The molecule has 1 unspecified atom stereocenters. The number of aliphatic carboxylic acids is 2. The van der Waals surface area contributed by atoms with E-state index >= 15 is 0 Å². The molecule has 0 aliphatic carbocycles. The Bertz CT molecular complexity index is 1240. The number of amides is 2. The number of nitrogens with zero attached hydrogens (tertiary/aromatic N) is 3. The number of nitrogens with two attached hydrogens (primary N) is 1. The fourth-order valence-electron chi connectivity index (χ4n) is 2.77. The maximum Gasteiger partial charge on any atom is 0.326 e. The van der Waals surface area contributed by atoms with Crippen LogP contribution in [0.4, 0.5) is 22.1 Å². The number of carbonyl (C=O) groups excluding carboxylic acids is 1. The molecule has 0 bridgehead atoms. The Morgan fingerprint density at radius 3 is 2.45 bits per heavy atom. The molecular formula is C19H20N8O6. The number of fused-ring (bicyclic) bond motifs is 1. The average molecular weight is 456 g/mol. The number of rotatable bonds is 9. The van der Waals surface area contributed by atoms with Gasteiger partial charge in [-0.25, -0.2) is 19.6 Å². The lowest BCUT2D eigenvalue weighted by atomic mass is 10.1. The molecule has 0 aliphatic rings. The summed E-state index contributed by atoms with van der Waals surface area (Å²) < 4.78 is 0. The molecular weight excluding hydrogens is 436 g/mol. The van der Waals surface area contributed by atoms with E-state index in [0.29, 0.717) is 17.1 Å². The third kappa shape index (κ3) is 6.36. The van der Waals surface area contributed by atoms with E-state index in [-0.39, 0.29) is 30.1 Å². The van der Waals surface area contributed by atoms with Gasteiger partial charge in [0, 0.05) is 17.8 Å². The van der Waals surface area contributed by atoms with Crippen LogP contribution < -0.4 is 27.2 Å². The van der Waals surface area contributed by atoms with Gasteiger partial charge in [-0.3, -0.25) is 14.6 Å². The normalized spacial score (nSPS) is 11.5. The highest BCUT2D eigenvalue weighted by molar-refractivity contribution is 5.92.